The van der Waals surface area contributed by atoms with Crippen LogP contribution in [-0.2, 0) is 6.54 Å². The predicted octanol–water partition coefficient (Wildman–Crippen LogP) is 4.66. The van der Waals surface area contributed by atoms with Crippen LogP contribution in [0.3, 0.4) is 0 Å². The van der Waals surface area contributed by atoms with Gasteiger partial charge in [0.25, 0.3) is 0 Å². The smallest absolute Gasteiger partial charge is 0.0451 e. The van der Waals surface area contributed by atoms with Crippen LogP contribution in [-0.4, -0.2) is 6.04 Å². The van der Waals surface area contributed by atoms with E-state index in [9.17, 15) is 0 Å². The molecule has 2 rings (SSSR count). The second kappa shape index (κ2) is 6.08. The minimum Gasteiger partial charge on any atom is -0.310 e. The zero-order chi connectivity index (χ0) is 12.3. The Morgan fingerprint density at radius 1 is 1.29 bits per heavy atom. The highest BCUT2D eigenvalue weighted by Crippen LogP contribution is 2.28. The summed E-state index contributed by atoms with van der Waals surface area (Å²) in [7, 11) is 0. The zero-order valence-electron chi connectivity index (χ0n) is 10.2. The van der Waals surface area contributed by atoms with E-state index in [4.69, 9.17) is 23.2 Å². The molecule has 94 valence electrons. The Kier molecular flexibility index (Phi) is 4.72. The molecule has 1 aliphatic carbocycles. The number of nitrogens with one attached hydrogen (secondary N) is 1. The van der Waals surface area contributed by atoms with E-state index in [0.717, 1.165) is 28.1 Å². The Morgan fingerprint density at radius 3 is 2.71 bits per heavy atom. The summed E-state index contributed by atoms with van der Waals surface area (Å²) in [5.41, 5.74) is 1.09. The lowest BCUT2D eigenvalue weighted by Gasteiger charge is -2.20. The van der Waals surface area contributed by atoms with Gasteiger partial charge in [-0.3, -0.25) is 0 Å². The highest BCUT2D eigenvalue weighted by atomic mass is 35.5. The van der Waals surface area contributed by atoms with Gasteiger partial charge in [0.1, 0.15) is 0 Å². The van der Waals surface area contributed by atoms with Gasteiger partial charge in [0.15, 0.2) is 0 Å². The molecule has 1 aromatic carbocycles. The SMILES string of the molecule is C[C@@H](NCc1cc(Cl)ccc1Cl)C1CCCC1. The van der Waals surface area contributed by atoms with Crippen LogP contribution in [0, 0.1) is 5.92 Å². The maximum absolute atomic E-state index is 6.14. The topological polar surface area (TPSA) is 12.0 Å². The molecule has 1 atom stereocenters. The summed E-state index contributed by atoms with van der Waals surface area (Å²) in [5.74, 6) is 0.827. The second-order valence-electron chi connectivity index (χ2n) is 4.95. The lowest BCUT2D eigenvalue weighted by atomic mass is 9.99. The van der Waals surface area contributed by atoms with Crippen LogP contribution in [0.4, 0.5) is 0 Å². The average Bonchev–Trinajstić information content (AvgIpc) is 2.83. The number of hydrogen-bond donors (Lipinski definition) is 1. The molecular formula is C14H19Cl2N. The van der Waals surface area contributed by atoms with Crippen LogP contribution >= 0.6 is 23.2 Å². The van der Waals surface area contributed by atoms with Crippen LogP contribution in [0.1, 0.15) is 38.2 Å². The van der Waals surface area contributed by atoms with Crippen molar-refractivity contribution >= 4 is 23.2 Å². The Hall–Kier alpha value is -0.240. The molecule has 1 aromatic rings. The van der Waals surface area contributed by atoms with Gasteiger partial charge in [0, 0.05) is 22.6 Å². The first-order chi connectivity index (χ1) is 8.16. The van der Waals surface area contributed by atoms with Gasteiger partial charge in [-0.25, -0.2) is 0 Å². The first kappa shape index (κ1) is 13.2. The molecule has 0 aromatic heterocycles. The van der Waals surface area contributed by atoms with E-state index in [1.165, 1.54) is 25.7 Å². The fourth-order valence-corrected chi connectivity index (χ4v) is 2.95. The Bertz CT molecular complexity index is 372. The van der Waals surface area contributed by atoms with Crippen LogP contribution in [0.5, 0.6) is 0 Å². The number of rotatable bonds is 4. The molecule has 1 N–H and O–H groups in total. The van der Waals surface area contributed by atoms with Crippen molar-refractivity contribution in [3.63, 3.8) is 0 Å². The van der Waals surface area contributed by atoms with Gasteiger partial charge in [-0.05, 0) is 49.4 Å². The third-order valence-corrected chi connectivity index (χ3v) is 4.33. The summed E-state index contributed by atoms with van der Waals surface area (Å²) in [4.78, 5) is 0. The summed E-state index contributed by atoms with van der Waals surface area (Å²) in [6.45, 7) is 3.07. The Labute approximate surface area is 114 Å². The molecule has 0 radical (unpaired) electrons. The second-order valence-corrected chi connectivity index (χ2v) is 5.79. The number of halogens is 2. The molecule has 0 heterocycles. The van der Waals surface area contributed by atoms with Crippen LogP contribution in [0.2, 0.25) is 10.0 Å². The molecular weight excluding hydrogens is 253 g/mol. The summed E-state index contributed by atoms with van der Waals surface area (Å²) in [6, 6.07) is 6.19. The van der Waals surface area contributed by atoms with E-state index in [1.54, 1.807) is 0 Å². The van der Waals surface area contributed by atoms with Crippen LogP contribution < -0.4 is 5.32 Å². The number of hydrogen-bond acceptors (Lipinski definition) is 1. The Morgan fingerprint density at radius 2 is 2.00 bits per heavy atom. The maximum Gasteiger partial charge on any atom is 0.0451 e. The third kappa shape index (κ3) is 3.61. The molecule has 0 amide bonds. The van der Waals surface area contributed by atoms with Crippen molar-refractivity contribution in [3.8, 4) is 0 Å². The predicted molar refractivity (Wildman–Crippen MR) is 74.7 cm³/mol. The van der Waals surface area contributed by atoms with Crippen molar-refractivity contribution < 1.29 is 0 Å². The van der Waals surface area contributed by atoms with Crippen molar-refractivity contribution in [3.05, 3.63) is 33.8 Å². The maximum atomic E-state index is 6.14. The minimum atomic E-state index is 0.563. The summed E-state index contributed by atoms with van der Waals surface area (Å²) in [5, 5.41) is 5.11. The summed E-state index contributed by atoms with van der Waals surface area (Å²) in [6.07, 6.45) is 5.48. The number of benzene rings is 1. The van der Waals surface area contributed by atoms with E-state index in [1.807, 2.05) is 18.2 Å². The van der Waals surface area contributed by atoms with Gasteiger partial charge >= 0.3 is 0 Å². The minimum absolute atomic E-state index is 0.563. The molecule has 1 saturated carbocycles. The van der Waals surface area contributed by atoms with Crippen molar-refractivity contribution in [1.82, 2.24) is 5.32 Å². The van der Waals surface area contributed by atoms with Crippen molar-refractivity contribution in [1.29, 1.82) is 0 Å². The van der Waals surface area contributed by atoms with Crippen molar-refractivity contribution in [2.75, 3.05) is 0 Å². The first-order valence-electron chi connectivity index (χ1n) is 6.34. The lowest BCUT2D eigenvalue weighted by molar-refractivity contribution is 0.380. The molecule has 0 unspecified atom stereocenters. The van der Waals surface area contributed by atoms with Crippen LogP contribution in [0.25, 0.3) is 0 Å². The lowest BCUT2D eigenvalue weighted by Crippen LogP contribution is -2.31. The van der Waals surface area contributed by atoms with E-state index in [2.05, 4.69) is 12.2 Å². The van der Waals surface area contributed by atoms with Gasteiger partial charge in [-0.15, -0.1) is 0 Å². The highest BCUT2D eigenvalue weighted by Gasteiger charge is 2.21. The van der Waals surface area contributed by atoms with Crippen LogP contribution in [0.15, 0.2) is 18.2 Å². The fourth-order valence-electron chi connectivity index (χ4n) is 2.57. The van der Waals surface area contributed by atoms with Gasteiger partial charge in [-0.2, -0.15) is 0 Å². The molecule has 1 aliphatic rings. The largest absolute Gasteiger partial charge is 0.310 e. The molecule has 0 bridgehead atoms. The monoisotopic (exact) mass is 271 g/mol. The van der Waals surface area contributed by atoms with Gasteiger partial charge < -0.3 is 5.32 Å². The van der Waals surface area contributed by atoms with Gasteiger partial charge in [0.2, 0.25) is 0 Å². The quantitative estimate of drug-likeness (QED) is 0.840. The van der Waals surface area contributed by atoms with Gasteiger partial charge in [0.05, 0.1) is 0 Å². The molecule has 0 aliphatic heterocycles. The molecule has 3 heteroatoms. The Balaban J connectivity index is 1.90. The molecule has 1 nitrogen and oxygen atoms in total. The molecule has 0 spiro atoms. The average molecular weight is 272 g/mol. The summed E-state index contributed by atoms with van der Waals surface area (Å²) < 4.78 is 0. The normalized spacial score (nSPS) is 18.5. The van der Waals surface area contributed by atoms with E-state index in [0.29, 0.717) is 6.04 Å². The highest BCUT2D eigenvalue weighted by molar-refractivity contribution is 6.33. The first-order valence-corrected chi connectivity index (χ1v) is 7.09. The van der Waals surface area contributed by atoms with E-state index >= 15 is 0 Å². The molecule has 1 fully saturated rings. The zero-order valence-corrected chi connectivity index (χ0v) is 11.7. The third-order valence-electron chi connectivity index (χ3n) is 3.73. The van der Waals surface area contributed by atoms with Gasteiger partial charge in [-0.1, -0.05) is 36.0 Å². The molecule has 0 saturated heterocycles. The molecule has 17 heavy (non-hydrogen) atoms. The fraction of sp³-hybridized carbons (Fsp3) is 0.571. The van der Waals surface area contributed by atoms with E-state index in [-0.39, 0.29) is 0 Å². The van der Waals surface area contributed by atoms with E-state index < -0.39 is 0 Å². The standard InChI is InChI=1S/C14H19Cl2N/c1-10(11-4-2-3-5-11)17-9-12-8-13(15)6-7-14(12)16/h6-8,10-11,17H,2-5,9H2,1H3/t10-/m1/s1. The van der Waals surface area contributed by atoms with Crippen molar-refractivity contribution in [2.45, 2.75) is 45.2 Å². The summed E-state index contributed by atoms with van der Waals surface area (Å²) >= 11 is 12.1. The van der Waals surface area contributed by atoms with Crippen molar-refractivity contribution in [2.24, 2.45) is 5.92 Å².